The molecule has 2 heterocycles. The predicted octanol–water partition coefficient (Wildman–Crippen LogP) is 6.18. The molecule has 1 aromatic heterocycles. The summed E-state index contributed by atoms with van der Waals surface area (Å²) in [6.07, 6.45) is 7.03. The van der Waals surface area contributed by atoms with Crippen molar-refractivity contribution in [1.82, 2.24) is 9.47 Å². The lowest BCUT2D eigenvalue weighted by Crippen LogP contribution is -2.38. The Morgan fingerprint density at radius 3 is 2.26 bits per heavy atom. The summed E-state index contributed by atoms with van der Waals surface area (Å²) in [6.45, 7) is 6.49. The van der Waals surface area contributed by atoms with Gasteiger partial charge in [0.2, 0.25) is 0 Å². The van der Waals surface area contributed by atoms with Crippen LogP contribution in [0.1, 0.15) is 79.9 Å². The first-order valence-electron chi connectivity index (χ1n) is 15.0. The average Bonchev–Trinajstić information content (AvgIpc) is 3.68. The Bertz CT molecular complexity index is 1320. The Hall–Kier alpha value is -2.50. The number of piperidine rings is 1. The molecule has 1 saturated heterocycles. The van der Waals surface area contributed by atoms with Crippen LogP contribution in [0.15, 0.2) is 42.5 Å². The van der Waals surface area contributed by atoms with Gasteiger partial charge in [-0.2, -0.15) is 0 Å². The van der Waals surface area contributed by atoms with Gasteiger partial charge in [-0.25, -0.2) is 0 Å². The van der Waals surface area contributed by atoms with Crippen LogP contribution in [-0.4, -0.2) is 51.0 Å². The molecular formula is C33H42N2O3. The second-order valence-electron chi connectivity index (χ2n) is 12.8. The fourth-order valence-electron chi connectivity index (χ4n) is 9.06. The van der Waals surface area contributed by atoms with E-state index in [0.29, 0.717) is 36.1 Å². The number of likely N-dealkylation sites (tertiary alicyclic amines) is 1. The van der Waals surface area contributed by atoms with Gasteiger partial charge >= 0.3 is 0 Å². The minimum atomic E-state index is 0.162. The Morgan fingerprint density at radius 2 is 1.50 bits per heavy atom. The van der Waals surface area contributed by atoms with E-state index in [1.807, 2.05) is 4.57 Å². The minimum absolute atomic E-state index is 0.162. The van der Waals surface area contributed by atoms with Gasteiger partial charge in [-0.05, 0) is 103 Å². The van der Waals surface area contributed by atoms with E-state index in [4.69, 9.17) is 0 Å². The number of aliphatic hydroxyl groups is 1. The van der Waals surface area contributed by atoms with Crippen molar-refractivity contribution in [3.05, 3.63) is 59.2 Å². The van der Waals surface area contributed by atoms with E-state index in [0.717, 1.165) is 37.2 Å². The van der Waals surface area contributed by atoms with E-state index in [2.05, 4.69) is 54.3 Å². The van der Waals surface area contributed by atoms with Crippen LogP contribution in [0.5, 0.6) is 11.8 Å². The average molecular weight is 515 g/mol. The lowest BCUT2D eigenvalue weighted by Gasteiger charge is -2.35. The van der Waals surface area contributed by atoms with Gasteiger partial charge in [0.25, 0.3) is 0 Å². The number of aromatic nitrogens is 1. The second kappa shape index (κ2) is 9.60. The normalized spacial score (nSPS) is 31.4. The first kappa shape index (κ1) is 24.5. The van der Waals surface area contributed by atoms with Gasteiger partial charge < -0.3 is 20.2 Å². The van der Waals surface area contributed by atoms with Crippen molar-refractivity contribution in [3.8, 4) is 11.8 Å². The summed E-state index contributed by atoms with van der Waals surface area (Å²) in [5.74, 6) is 3.31. The van der Waals surface area contributed by atoms with Gasteiger partial charge in [0, 0.05) is 30.8 Å². The van der Waals surface area contributed by atoms with Gasteiger partial charge in [0.05, 0.1) is 0 Å². The van der Waals surface area contributed by atoms with Crippen LogP contribution in [0, 0.1) is 23.7 Å². The van der Waals surface area contributed by atoms with Crippen molar-refractivity contribution in [3.63, 3.8) is 0 Å². The summed E-state index contributed by atoms with van der Waals surface area (Å²) in [5, 5.41) is 35.2. The minimum Gasteiger partial charge on any atom is -0.494 e. The van der Waals surface area contributed by atoms with E-state index < -0.39 is 0 Å². The molecule has 6 atom stereocenters. The zero-order valence-corrected chi connectivity index (χ0v) is 22.6. The zero-order valence-electron chi connectivity index (χ0n) is 22.6. The molecule has 4 aliphatic rings. The number of fused-ring (bicyclic) bond motifs is 6. The molecule has 3 fully saturated rings. The summed E-state index contributed by atoms with van der Waals surface area (Å²) in [7, 11) is 0. The van der Waals surface area contributed by atoms with Gasteiger partial charge in [-0.3, -0.25) is 4.57 Å². The fourth-order valence-corrected chi connectivity index (χ4v) is 9.06. The SMILES string of the molecule is CC1C2CC(c3c2c(O)n(C[C@H]2CCC[C@@H]2CN2CCC(c4cccc5ccccc45)CC2)c3O)C1CO. The van der Waals surface area contributed by atoms with E-state index >= 15 is 0 Å². The molecule has 5 nitrogen and oxygen atoms in total. The number of hydrogen-bond donors (Lipinski definition) is 3. The predicted molar refractivity (Wildman–Crippen MR) is 151 cm³/mol. The molecule has 3 N–H and O–H groups in total. The van der Waals surface area contributed by atoms with Gasteiger partial charge in [0.15, 0.2) is 11.8 Å². The summed E-state index contributed by atoms with van der Waals surface area (Å²) in [4.78, 5) is 2.67. The highest BCUT2D eigenvalue weighted by atomic mass is 16.3. The summed E-state index contributed by atoms with van der Waals surface area (Å²) >= 11 is 0. The van der Waals surface area contributed by atoms with Crippen LogP contribution in [-0.2, 0) is 6.54 Å². The molecule has 2 bridgehead atoms. The van der Waals surface area contributed by atoms with E-state index in [1.54, 1.807) is 0 Å². The lowest BCUT2D eigenvalue weighted by atomic mass is 9.78. The lowest BCUT2D eigenvalue weighted by molar-refractivity contribution is 0.158. The zero-order chi connectivity index (χ0) is 26.0. The van der Waals surface area contributed by atoms with Crippen LogP contribution < -0.4 is 0 Å². The summed E-state index contributed by atoms with van der Waals surface area (Å²) < 4.78 is 1.83. The third kappa shape index (κ3) is 3.80. The van der Waals surface area contributed by atoms with Crippen LogP contribution in [0.2, 0.25) is 0 Å². The highest BCUT2D eigenvalue weighted by molar-refractivity contribution is 5.86. The first-order chi connectivity index (χ1) is 18.5. The number of aliphatic hydroxyl groups excluding tert-OH is 1. The Kier molecular flexibility index (Phi) is 6.20. The molecule has 2 aromatic carbocycles. The smallest absolute Gasteiger partial charge is 0.197 e. The molecule has 3 aromatic rings. The van der Waals surface area contributed by atoms with Crippen molar-refractivity contribution < 1.29 is 15.3 Å². The number of nitrogens with zero attached hydrogens (tertiary/aromatic N) is 2. The number of hydrogen-bond acceptors (Lipinski definition) is 4. The van der Waals surface area contributed by atoms with Crippen LogP contribution in [0.4, 0.5) is 0 Å². The molecule has 5 heteroatoms. The highest BCUT2D eigenvalue weighted by Crippen LogP contribution is 2.64. The summed E-state index contributed by atoms with van der Waals surface area (Å²) in [6, 6.07) is 15.6. The fraction of sp³-hybridized carbons (Fsp3) is 0.576. The molecule has 4 unspecified atom stereocenters. The van der Waals surface area contributed by atoms with Gasteiger partial charge in [-0.15, -0.1) is 0 Å². The van der Waals surface area contributed by atoms with Crippen LogP contribution in [0.3, 0.4) is 0 Å². The Labute approximate surface area is 226 Å². The molecular weight excluding hydrogens is 472 g/mol. The molecule has 0 spiro atoms. The van der Waals surface area contributed by atoms with Crippen LogP contribution in [0.25, 0.3) is 10.8 Å². The molecule has 7 rings (SSSR count). The molecule has 3 aliphatic carbocycles. The molecule has 1 aliphatic heterocycles. The maximum absolute atomic E-state index is 11.2. The maximum Gasteiger partial charge on any atom is 0.197 e. The van der Waals surface area contributed by atoms with E-state index in [9.17, 15) is 15.3 Å². The van der Waals surface area contributed by atoms with Crippen molar-refractivity contribution in [2.75, 3.05) is 26.2 Å². The number of aromatic hydroxyl groups is 2. The van der Waals surface area contributed by atoms with E-state index in [1.165, 1.54) is 48.4 Å². The molecule has 2 saturated carbocycles. The Morgan fingerprint density at radius 1 is 0.816 bits per heavy atom. The monoisotopic (exact) mass is 514 g/mol. The quantitative estimate of drug-likeness (QED) is 0.368. The van der Waals surface area contributed by atoms with Crippen LogP contribution >= 0.6 is 0 Å². The topological polar surface area (TPSA) is 68.9 Å². The second-order valence-corrected chi connectivity index (χ2v) is 12.8. The van der Waals surface area contributed by atoms with E-state index in [-0.39, 0.29) is 30.2 Å². The molecule has 202 valence electrons. The van der Waals surface area contributed by atoms with Crippen molar-refractivity contribution in [1.29, 1.82) is 0 Å². The largest absolute Gasteiger partial charge is 0.494 e. The first-order valence-corrected chi connectivity index (χ1v) is 15.0. The molecule has 38 heavy (non-hydrogen) atoms. The highest BCUT2D eigenvalue weighted by Gasteiger charge is 2.53. The van der Waals surface area contributed by atoms with Crippen molar-refractivity contribution >= 4 is 10.8 Å². The maximum atomic E-state index is 11.2. The van der Waals surface area contributed by atoms with Gasteiger partial charge in [-0.1, -0.05) is 55.8 Å². The van der Waals surface area contributed by atoms with Gasteiger partial charge in [0.1, 0.15) is 0 Å². The number of rotatable bonds is 6. The van der Waals surface area contributed by atoms with Crippen molar-refractivity contribution in [2.45, 2.75) is 69.7 Å². The third-order valence-corrected chi connectivity index (χ3v) is 11.1. The molecule has 0 amide bonds. The third-order valence-electron chi connectivity index (χ3n) is 11.1. The Balaban J connectivity index is 1.02. The van der Waals surface area contributed by atoms with Crippen molar-refractivity contribution in [2.24, 2.45) is 23.7 Å². The standard InChI is InChI=1S/C33H42N2O3/c1-20-27-16-28(29(20)19-36)31-30(27)32(37)35(33(31)38)18-24-9-4-8-23(24)17-34-14-12-22(13-15-34)26-11-5-7-21-6-2-3-10-25(21)26/h2-3,5-7,10-11,20,22-24,27-29,36-38H,4,8-9,12-19H2,1H3/t20?,23-,24-,27?,28?,29?/m1/s1. The number of benzene rings is 2. The summed E-state index contributed by atoms with van der Waals surface area (Å²) in [5.41, 5.74) is 3.43. The molecule has 0 radical (unpaired) electrons.